The largest absolute Gasteiger partial charge is 0.375 e. The van der Waals surface area contributed by atoms with E-state index in [-0.39, 0.29) is 12.0 Å². The molecule has 0 bridgehead atoms. The van der Waals surface area contributed by atoms with E-state index in [9.17, 15) is 4.79 Å². The summed E-state index contributed by atoms with van der Waals surface area (Å²) in [6, 6.07) is 3.90. The Bertz CT molecular complexity index is 740. The summed E-state index contributed by atoms with van der Waals surface area (Å²) in [6.45, 7) is 4.36. The molecule has 6 heteroatoms. The van der Waals surface area contributed by atoms with Crippen LogP contribution in [0.3, 0.4) is 0 Å². The molecule has 128 valence electrons. The standard InChI is InChI=1S/C18H23N3O2S/c1-11-15(7-8-16(19-11)13-5-6-13)18(22)21(3)9-14-10-24-17(20-14)12(2)23-4/h7-8,10,12-13H,5-6,9H2,1-4H3. The number of carbonyl (C=O) groups is 1. The maximum atomic E-state index is 12.7. The van der Waals surface area contributed by atoms with Crippen LogP contribution in [-0.4, -0.2) is 34.9 Å². The van der Waals surface area contributed by atoms with Gasteiger partial charge >= 0.3 is 0 Å². The first kappa shape index (κ1) is 17.0. The normalized spacial score (nSPS) is 15.3. The molecule has 1 aliphatic rings. The molecule has 1 fully saturated rings. The number of hydrogen-bond acceptors (Lipinski definition) is 5. The van der Waals surface area contributed by atoms with Crippen molar-refractivity contribution in [1.29, 1.82) is 0 Å². The van der Waals surface area contributed by atoms with Gasteiger partial charge in [0, 0.05) is 31.1 Å². The van der Waals surface area contributed by atoms with Gasteiger partial charge in [0.05, 0.1) is 23.5 Å². The topological polar surface area (TPSA) is 55.3 Å². The molecule has 1 saturated carbocycles. The number of pyridine rings is 1. The lowest BCUT2D eigenvalue weighted by Crippen LogP contribution is -2.27. The lowest BCUT2D eigenvalue weighted by atomic mass is 10.1. The summed E-state index contributed by atoms with van der Waals surface area (Å²) < 4.78 is 5.28. The lowest BCUT2D eigenvalue weighted by molar-refractivity contribution is 0.0782. The number of thiazole rings is 1. The highest BCUT2D eigenvalue weighted by Gasteiger charge is 2.26. The first-order valence-corrected chi connectivity index (χ1v) is 9.07. The second-order valence-electron chi connectivity index (χ2n) is 6.36. The SMILES string of the molecule is COC(C)c1nc(CN(C)C(=O)c2ccc(C3CC3)nc2C)cs1. The highest BCUT2D eigenvalue weighted by molar-refractivity contribution is 7.09. The molecule has 0 saturated heterocycles. The number of aryl methyl sites for hydroxylation is 1. The molecule has 0 spiro atoms. The maximum absolute atomic E-state index is 12.7. The summed E-state index contributed by atoms with van der Waals surface area (Å²) in [4.78, 5) is 23.5. The van der Waals surface area contributed by atoms with E-state index in [1.807, 2.05) is 31.4 Å². The minimum absolute atomic E-state index is 0.0170. The van der Waals surface area contributed by atoms with Crippen molar-refractivity contribution in [2.75, 3.05) is 14.2 Å². The molecule has 2 aromatic rings. The number of rotatable bonds is 6. The Morgan fingerprint density at radius 2 is 2.17 bits per heavy atom. The molecule has 0 N–H and O–H groups in total. The van der Waals surface area contributed by atoms with Crippen LogP contribution in [0.25, 0.3) is 0 Å². The van der Waals surface area contributed by atoms with E-state index in [1.54, 1.807) is 30.4 Å². The van der Waals surface area contributed by atoms with Crippen LogP contribution in [-0.2, 0) is 11.3 Å². The van der Waals surface area contributed by atoms with Gasteiger partial charge in [-0.2, -0.15) is 0 Å². The Balaban J connectivity index is 1.69. The van der Waals surface area contributed by atoms with Crippen LogP contribution < -0.4 is 0 Å². The fourth-order valence-corrected chi connectivity index (χ4v) is 3.46. The van der Waals surface area contributed by atoms with Gasteiger partial charge < -0.3 is 9.64 Å². The van der Waals surface area contributed by atoms with E-state index in [4.69, 9.17) is 4.74 Å². The van der Waals surface area contributed by atoms with E-state index >= 15 is 0 Å². The fourth-order valence-electron chi connectivity index (χ4n) is 2.62. The predicted octanol–water partition coefficient (Wildman–Crippen LogP) is 3.70. The van der Waals surface area contributed by atoms with Crippen molar-refractivity contribution in [3.8, 4) is 0 Å². The molecule has 0 aliphatic heterocycles. The van der Waals surface area contributed by atoms with Crippen LogP contribution in [0, 0.1) is 6.92 Å². The van der Waals surface area contributed by atoms with Crippen molar-refractivity contribution >= 4 is 17.2 Å². The zero-order valence-corrected chi connectivity index (χ0v) is 15.4. The third-order valence-electron chi connectivity index (χ3n) is 4.35. The minimum Gasteiger partial charge on any atom is -0.375 e. The summed E-state index contributed by atoms with van der Waals surface area (Å²) in [6.07, 6.45) is 2.41. The average molecular weight is 345 g/mol. The molecule has 1 aliphatic carbocycles. The number of amides is 1. The zero-order chi connectivity index (χ0) is 17.3. The van der Waals surface area contributed by atoms with Gasteiger partial charge in [-0.1, -0.05) is 0 Å². The number of ether oxygens (including phenoxy) is 1. The van der Waals surface area contributed by atoms with Crippen LogP contribution >= 0.6 is 11.3 Å². The van der Waals surface area contributed by atoms with Crippen LogP contribution in [0.15, 0.2) is 17.5 Å². The van der Waals surface area contributed by atoms with Crippen LogP contribution in [0.2, 0.25) is 0 Å². The predicted molar refractivity (Wildman–Crippen MR) is 94.3 cm³/mol. The van der Waals surface area contributed by atoms with E-state index in [2.05, 4.69) is 9.97 Å². The van der Waals surface area contributed by atoms with Gasteiger partial charge in [-0.05, 0) is 38.8 Å². The Labute approximate surface area is 146 Å². The van der Waals surface area contributed by atoms with Gasteiger partial charge in [-0.15, -0.1) is 11.3 Å². The molecule has 2 aromatic heterocycles. The highest BCUT2D eigenvalue weighted by Crippen LogP contribution is 2.39. The van der Waals surface area contributed by atoms with Gasteiger partial charge in [-0.3, -0.25) is 9.78 Å². The third kappa shape index (κ3) is 3.65. The number of methoxy groups -OCH3 is 1. The summed E-state index contributed by atoms with van der Waals surface area (Å²) in [5.74, 6) is 0.582. The van der Waals surface area contributed by atoms with Crippen molar-refractivity contribution in [3.05, 3.63) is 45.2 Å². The smallest absolute Gasteiger partial charge is 0.255 e. The van der Waals surface area contributed by atoms with E-state index in [1.165, 1.54) is 12.8 Å². The van der Waals surface area contributed by atoms with Crippen molar-refractivity contribution in [3.63, 3.8) is 0 Å². The van der Waals surface area contributed by atoms with Crippen LogP contribution in [0.4, 0.5) is 0 Å². The van der Waals surface area contributed by atoms with Gasteiger partial charge in [0.1, 0.15) is 11.1 Å². The van der Waals surface area contributed by atoms with Crippen molar-refractivity contribution in [1.82, 2.24) is 14.9 Å². The first-order chi connectivity index (χ1) is 11.5. The molecule has 0 radical (unpaired) electrons. The zero-order valence-electron chi connectivity index (χ0n) is 14.6. The first-order valence-electron chi connectivity index (χ1n) is 8.19. The fraction of sp³-hybridized carbons (Fsp3) is 0.500. The van der Waals surface area contributed by atoms with Gasteiger partial charge in [-0.25, -0.2) is 4.98 Å². The second kappa shape index (κ2) is 6.99. The lowest BCUT2D eigenvalue weighted by Gasteiger charge is -2.17. The van der Waals surface area contributed by atoms with Crippen LogP contribution in [0.1, 0.15) is 64.2 Å². The number of carbonyl (C=O) groups excluding carboxylic acids is 1. The highest BCUT2D eigenvalue weighted by atomic mass is 32.1. The van der Waals surface area contributed by atoms with Gasteiger partial charge in [0.25, 0.3) is 5.91 Å². The quantitative estimate of drug-likeness (QED) is 0.801. The molecule has 1 atom stereocenters. The molecular formula is C18H23N3O2S. The molecule has 3 rings (SSSR count). The number of aromatic nitrogens is 2. The van der Waals surface area contributed by atoms with E-state index in [0.717, 1.165) is 22.1 Å². The summed E-state index contributed by atoms with van der Waals surface area (Å²) in [7, 11) is 3.47. The Morgan fingerprint density at radius 3 is 2.79 bits per heavy atom. The summed E-state index contributed by atoms with van der Waals surface area (Å²) in [5, 5.41) is 2.91. The molecule has 24 heavy (non-hydrogen) atoms. The Morgan fingerprint density at radius 1 is 1.42 bits per heavy atom. The van der Waals surface area contributed by atoms with Gasteiger partial charge in [0.2, 0.25) is 0 Å². The maximum Gasteiger partial charge on any atom is 0.255 e. The van der Waals surface area contributed by atoms with Crippen LogP contribution in [0.5, 0.6) is 0 Å². The van der Waals surface area contributed by atoms with Crippen molar-refractivity contribution in [2.45, 2.75) is 45.3 Å². The molecule has 2 heterocycles. The molecule has 1 amide bonds. The monoisotopic (exact) mass is 345 g/mol. The van der Waals surface area contributed by atoms with E-state index in [0.29, 0.717) is 18.0 Å². The molecular weight excluding hydrogens is 322 g/mol. The van der Waals surface area contributed by atoms with E-state index < -0.39 is 0 Å². The van der Waals surface area contributed by atoms with Crippen molar-refractivity contribution in [2.24, 2.45) is 0 Å². The molecule has 0 aromatic carbocycles. The average Bonchev–Trinajstić information content (AvgIpc) is 3.33. The Kier molecular flexibility index (Phi) is 4.96. The molecule has 1 unspecified atom stereocenters. The van der Waals surface area contributed by atoms with Gasteiger partial charge in [0.15, 0.2) is 0 Å². The number of nitrogens with zero attached hydrogens (tertiary/aromatic N) is 3. The summed E-state index contributed by atoms with van der Waals surface area (Å²) >= 11 is 1.56. The Hall–Kier alpha value is -1.79. The minimum atomic E-state index is -0.0221. The number of hydrogen-bond donors (Lipinski definition) is 0. The second-order valence-corrected chi connectivity index (χ2v) is 7.25. The molecule has 5 nitrogen and oxygen atoms in total. The van der Waals surface area contributed by atoms with Crippen molar-refractivity contribution < 1.29 is 9.53 Å². The third-order valence-corrected chi connectivity index (χ3v) is 5.40. The summed E-state index contributed by atoms with van der Waals surface area (Å²) in [5.41, 5.74) is 3.48.